The van der Waals surface area contributed by atoms with E-state index in [4.69, 9.17) is 14.2 Å². The molecule has 0 saturated heterocycles. The summed E-state index contributed by atoms with van der Waals surface area (Å²) in [6.45, 7) is 0.163. The van der Waals surface area contributed by atoms with Crippen molar-refractivity contribution in [3.8, 4) is 11.5 Å². The molecular weight excluding hydrogens is 381 g/mol. The van der Waals surface area contributed by atoms with Gasteiger partial charge in [0.05, 0.1) is 0 Å². The molecule has 2 heterocycles. The molecule has 7 heteroatoms. The number of carbonyl (C=O) groups excluding carboxylic acids is 1. The SMILES string of the molecule is O=C1OC(c2ccc(F)cc2)=N/C1=C\c1cc2c(cc1Br)OCO2. The lowest BCUT2D eigenvalue weighted by Gasteiger charge is -2.02. The van der Waals surface area contributed by atoms with Gasteiger partial charge in [-0.15, -0.1) is 0 Å². The van der Waals surface area contributed by atoms with Gasteiger partial charge in [-0.05, 0) is 48.0 Å². The van der Waals surface area contributed by atoms with E-state index < -0.39 is 5.97 Å². The quantitative estimate of drug-likeness (QED) is 0.580. The first-order valence-electron chi connectivity index (χ1n) is 6.98. The highest BCUT2D eigenvalue weighted by Crippen LogP contribution is 2.38. The van der Waals surface area contributed by atoms with Crippen LogP contribution in [0.15, 0.2) is 51.6 Å². The van der Waals surface area contributed by atoms with E-state index in [0.29, 0.717) is 22.6 Å². The van der Waals surface area contributed by atoms with Gasteiger partial charge >= 0.3 is 5.97 Å². The van der Waals surface area contributed by atoms with Gasteiger partial charge in [0.2, 0.25) is 12.7 Å². The van der Waals surface area contributed by atoms with Gasteiger partial charge in [-0.2, -0.15) is 0 Å². The van der Waals surface area contributed by atoms with Gasteiger partial charge in [0, 0.05) is 10.0 Å². The van der Waals surface area contributed by atoms with E-state index in [1.165, 1.54) is 24.3 Å². The van der Waals surface area contributed by atoms with Gasteiger partial charge in [0.1, 0.15) is 5.82 Å². The number of rotatable bonds is 2. The maximum Gasteiger partial charge on any atom is 0.363 e. The monoisotopic (exact) mass is 389 g/mol. The summed E-state index contributed by atoms with van der Waals surface area (Å²) in [5.41, 5.74) is 1.38. The maximum absolute atomic E-state index is 13.0. The van der Waals surface area contributed by atoms with E-state index in [1.807, 2.05) is 0 Å². The molecule has 0 amide bonds. The topological polar surface area (TPSA) is 57.1 Å². The average Bonchev–Trinajstić information content (AvgIpc) is 3.15. The van der Waals surface area contributed by atoms with Crippen molar-refractivity contribution >= 4 is 33.9 Å². The van der Waals surface area contributed by atoms with Crippen LogP contribution in [0.4, 0.5) is 4.39 Å². The minimum atomic E-state index is -0.570. The van der Waals surface area contributed by atoms with E-state index in [0.717, 1.165) is 4.47 Å². The van der Waals surface area contributed by atoms with E-state index in [1.54, 1.807) is 18.2 Å². The van der Waals surface area contributed by atoms with Crippen molar-refractivity contribution < 1.29 is 23.4 Å². The predicted molar refractivity (Wildman–Crippen MR) is 87.3 cm³/mol. The summed E-state index contributed by atoms with van der Waals surface area (Å²) in [5.74, 6) is 0.429. The van der Waals surface area contributed by atoms with Crippen molar-refractivity contribution in [2.75, 3.05) is 6.79 Å². The van der Waals surface area contributed by atoms with Gasteiger partial charge in [-0.3, -0.25) is 0 Å². The van der Waals surface area contributed by atoms with E-state index in [9.17, 15) is 9.18 Å². The molecule has 24 heavy (non-hydrogen) atoms. The molecule has 120 valence electrons. The van der Waals surface area contributed by atoms with Gasteiger partial charge in [-0.25, -0.2) is 14.2 Å². The van der Waals surface area contributed by atoms with Crippen LogP contribution >= 0.6 is 15.9 Å². The lowest BCUT2D eigenvalue weighted by atomic mass is 10.1. The predicted octanol–water partition coefficient (Wildman–Crippen LogP) is 3.66. The molecule has 0 spiro atoms. The van der Waals surface area contributed by atoms with Crippen LogP contribution in [0, 0.1) is 5.82 Å². The fraction of sp³-hybridized carbons (Fsp3) is 0.0588. The van der Waals surface area contributed by atoms with Crippen LogP contribution in [0.2, 0.25) is 0 Å². The molecule has 0 aliphatic carbocycles. The van der Waals surface area contributed by atoms with Gasteiger partial charge in [-0.1, -0.05) is 15.9 Å². The second kappa shape index (κ2) is 5.76. The zero-order chi connectivity index (χ0) is 16.7. The molecule has 0 bridgehead atoms. The average molecular weight is 390 g/mol. The first-order valence-corrected chi connectivity index (χ1v) is 7.77. The summed E-state index contributed by atoms with van der Waals surface area (Å²) in [6, 6.07) is 9.07. The van der Waals surface area contributed by atoms with Crippen LogP contribution in [-0.2, 0) is 9.53 Å². The molecule has 2 aromatic carbocycles. The van der Waals surface area contributed by atoms with Crippen molar-refractivity contribution in [3.63, 3.8) is 0 Å². The molecule has 2 aromatic rings. The van der Waals surface area contributed by atoms with Crippen molar-refractivity contribution in [2.24, 2.45) is 4.99 Å². The van der Waals surface area contributed by atoms with Crippen molar-refractivity contribution in [3.05, 3.63) is 63.5 Å². The molecular formula is C17H9BrFNO4. The third kappa shape index (κ3) is 2.67. The van der Waals surface area contributed by atoms with Crippen molar-refractivity contribution in [2.45, 2.75) is 0 Å². The van der Waals surface area contributed by atoms with Crippen LogP contribution < -0.4 is 9.47 Å². The molecule has 0 aromatic heterocycles. The molecule has 2 aliphatic rings. The van der Waals surface area contributed by atoms with E-state index >= 15 is 0 Å². The minimum Gasteiger partial charge on any atom is -0.454 e. The first kappa shape index (κ1) is 14.9. The largest absolute Gasteiger partial charge is 0.454 e. The Morgan fingerprint density at radius 2 is 1.83 bits per heavy atom. The third-order valence-corrected chi connectivity index (χ3v) is 4.18. The molecule has 0 saturated carbocycles. The van der Waals surface area contributed by atoms with Gasteiger partial charge < -0.3 is 14.2 Å². The smallest absolute Gasteiger partial charge is 0.363 e. The van der Waals surface area contributed by atoms with E-state index in [-0.39, 0.29) is 24.2 Å². The number of benzene rings is 2. The highest BCUT2D eigenvalue weighted by atomic mass is 79.9. The van der Waals surface area contributed by atoms with Crippen LogP contribution in [0.1, 0.15) is 11.1 Å². The highest BCUT2D eigenvalue weighted by Gasteiger charge is 2.25. The Hall–Kier alpha value is -2.67. The summed E-state index contributed by atoms with van der Waals surface area (Å²) in [6.07, 6.45) is 1.59. The maximum atomic E-state index is 13.0. The normalized spacial score (nSPS) is 17.2. The molecule has 2 aliphatic heterocycles. The first-order chi connectivity index (χ1) is 11.6. The Labute approximate surface area is 144 Å². The zero-order valence-corrected chi connectivity index (χ0v) is 13.7. The fourth-order valence-corrected chi connectivity index (χ4v) is 2.75. The Balaban J connectivity index is 1.70. The lowest BCUT2D eigenvalue weighted by molar-refractivity contribution is -0.129. The second-order valence-corrected chi connectivity index (χ2v) is 5.92. The molecule has 0 fully saturated rings. The van der Waals surface area contributed by atoms with Gasteiger partial charge in [0.25, 0.3) is 0 Å². The summed E-state index contributed by atoms with van der Waals surface area (Å²) in [7, 11) is 0. The number of halogens is 2. The Morgan fingerprint density at radius 1 is 1.12 bits per heavy atom. The number of ether oxygens (including phenoxy) is 3. The Morgan fingerprint density at radius 3 is 2.58 bits per heavy atom. The van der Waals surface area contributed by atoms with Crippen LogP contribution in [0.5, 0.6) is 11.5 Å². The summed E-state index contributed by atoms with van der Waals surface area (Å²) in [4.78, 5) is 16.2. The zero-order valence-electron chi connectivity index (χ0n) is 12.1. The third-order valence-electron chi connectivity index (χ3n) is 3.50. The number of nitrogens with zero attached hydrogens (tertiary/aromatic N) is 1. The minimum absolute atomic E-state index is 0.142. The standard InChI is InChI=1S/C17H9BrFNO4/c18-12-7-15-14(22-8-23-15)6-10(12)5-13-17(21)24-16(20-13)9-1-3-11(19)4-2-9/h1-7H,8H2/b13-5-. The van der Waals surface area contributed by atoms with E-state index in [2.05, 4.69) is 20.9 Å². The van der Waals surface area contributed by atoms with Gasteiger partial charge in [0.15, 0.2) is 17.2 Å². The Kier molecular flexibility index (Phi) is 3.57. The summed E-state index contributed by atoms with van der Waals surface area (Å²) < 4.78 is 29.5. The molecule has 0 radical (unpaired) electrons. The van der Waals surface area contributed by atoms with Crippen molar-refractivity contribution in [1.82, 2.24) is 0 Å². The second-order valence-electron chi connectivity index (χ2n) is 5.07. The number of aliphatic imine (C=N–C) groups is 1. The Bertz CT molecular complexity index is 906. The number of hydrogen-bond donors (Lipinski definition) is 0. The van der Waals surface area contributed by atoms with Crippen LogP contribution in [0.25, 0.3) is 6.08 Å². The lowest BCUT2D eigenvalue weighted by Crippen LogP contribution is -2.05. The summed E-state index contributed by atoms with van der Waals surface area (Å²) in [5, 5.41) is 0. The van der Waals surface area contributed by atoms with Crippen molar-refractivity contribution in [1.29, 1.82) is 0 Å². The number of esters is 1. The number of carbonyl (C=O) groups is 1. The van der Waals surface area contributed by atoms with Crippen LogP contribution in [-0.4, -0.2) is 18.7 Å². The fourth-order valence-electron chi connectivity index (χ4n) is 2.32. The summed E-state index contributed by atoms with van der Waals surface area (Å²) >= 11 is 3.42. The molecule has 0 unspecified atom stereocenters. The number of cyclic esters (lactones) is 1. The van der Waals surface area contributed by atoms with Crippen LogP contribution in [0.3, 0.4) is 0 Å². The molecule has 0 N–H and O–H groups in total. The number of fused-ring (bicyclic) bond motifs is 1. The molecule has 4 rings (SSSR count). The highest BCUT2D eigenvalue weighted by molar-refractivity contribution is 9.10. The molecule has 5 nitrogen and oxygen atoms in total. The molecule has 0 atom stereocenters. The number of hydrogen-bond acceptors (Lipinski definition) is 5.